The molecule has 2 N–H and O–H groups in total. The van der Waals surface area contributed by atoms with Crippen LogP contribution in [0.1, 0.15) is 17.9 Å². The molecule has 1 saturated heterocycles. The first-order valence-electron chi connectivity index (χ1n) is 6.59. The molecule has 0 bridgehead atoms. The Morgan fingerprint density at radius 2 is 2.06 bits per heavy atom. The van der Waals surface area contributed by atoms with Gasteiger partial charge in [-0.3, -0.25) is 0 Å². The summed E-state index contributed by atoms with van der Waals surface area (Å²) in [6.07, 6.45) is 1.06. The van der Waals surface area contributed by atoms with Crippen LogP contribution in [0, 0.1) is 5.92 Å². The molecule has 0 radical (unpaired) electrons. The maximum Gasteiger partial charge on any atom is 0.161 e. The first-order chi connectivity index (χ1) is 8.88. The predicted octanol–water partition coefficient (Wildman–Crippen LogP) is 1.14. The van der Waals surface area contributed by atoms with Crippen LogP contribution in [0.4, 0.5) is 0 Å². The molecule has 0 spiro atoms. The van der Waals surface area contributed by atoms with Crippen LogP contribution in [-0.4, -0.2) is 38.0 Å². The summed E-state index contributed by atoms with van der Waals surface area (Å²) >= 11 is 0. The fourth-order valence-corrected chi connectivity index (χ4v) is 2.84. The quantitative estimate of drug-likeness (QED) is 0.825. The van der Waals surface area contributed by atoms with Crippen molar-refractivity contribution in [1.82, 2.24) is 5.32 Å². The Morgan fingerprint density at radius 1 is 1.22 bits per heavy atom. The summed E-state index contributed by atoms with van der Waals surface area (Å²) in [4.78, 5) is 0. The molecule has 2 heterocycles. The lowest BCUT2D eigenvalue weighted by molar-refractivity contribution is 0.168. The fraction of sp³-hybridized carbons (Fsp3) is 0.571. The number of rotatable bonds is 2. The number of hydrogen-bond donors (Lipinski definition) is 2. The van der Waals surface area contributed by atoms with E-state index >= 15 is 0 Å². The summed E-state index contributed by atoms with van der Waals surface area (Å²) in [7, 11) is 0. The molecule has 2 atom stereocenters. The van der Waals surface area contributed by atoms with E-state index in [9.17, 15) is 5.11 Å². The Balaban J connectivity index is 1.86. The molecule has 4 nitrogen and oxygen atoms in total. The summed E-state index contributed by atoms with van der Waals surface area (Å²) in [6.45, 7) is 3.36. The van der Waals surface area contributed by atoms with Crippen LogP contribution in [0.3, 0.4) is 0 Å². The minimum atomic E-state index is 0.228. The smallest absolute Gasteiger partial charge is 0.161 e. The van der Waals surface area contributed by atoms with E-state index in [1.54, 1.807) is 0 Å². The summed E-state index contributed by atoms with van der Waals surface area (Å²) in [5.41, 5.74) is 1.25. The molecule has 2 aliphatic rings. The van der Waals surface area contributed by atoms with Gasteiger partial charge in [-0.05, 0) is 36.6 Å². The topological polar surface area (TPSA) is 50.7 Å². The Labute approximate surface area is 107 Å². The van der Waals surface area contributed by atoms with Crippen molar-refractivity contribution in [3.8, 4) is 11.5 Å². The van der Waals surface area contributed by atoms with Crippen LogP contribution in [-0.2, 0) is 0 Å². The Morgan fingerprint density at radius 3 is 2.89 bits per heavy atom. The SMILES string of the molecule is OCC1CNCCC1c1ccc2c(c1)OCCO2. The van der Waals surface area contributed by atoms with Gasteiger partial charge < -0.3 is 19.9 Å². The Hall–Kier alpha value is -1.26. The molecule has 4 heteroatoms. The Bertz CT molecular complexity index is 422. The van der Waals surface area contributed by atoms with Crippen LogP contribution in [0.5, 0.6) is 11.5 Å². The number of piperidine rings is 1. The van der Waals surface area contributed by atoms with E-state index in [1.165, 1.54) is 5.56 Å². The maximum atomic E-state index is 9.47. The van der Waals surface area contributed by atoms with E-state index in [-0.39, 0.29) is 6.61 Å². The lowest BCUT2D eigenvalue weighted by Crippen LogP contribution is -2.37. The molecular weight excluding hydrogens is 230 g/mol. The van der Waals surface area contributed by atoms with E-state index in [4.69, 9.17) is 9.47 Å². The van der Waals surface area contributed by atoms with E-state index in [0.29, 0.717) is 25.0 Å². The van der Waals surface area contributed by atoms with Crippen molar-refractivity contribution in [3.63, 3.8) is 0 Å². The van der Waals surface area contributed by atoms with Crippen LogP contribution in [0.2, 0.25) is 0 Å². The zero-order valence-corrected chi connectivity index (χ0v) is 10.4. The van der Waals surface area contributed by atoms with Gasteiger partial charge in [0.05, 0.1) is 0 Å². The second-order valence-electron chi connectivity index (χ2n) is 4.95. The number of benzene rings is 1. The van der Waals surface area contributed by atoms with Crippen LogP contribution in [0.15, 0.2) is 18.2 Å². The van der Waals surface area contributed by atoms with E-state index in [0.717, 1.165) is 31.0 Å². The van der Waals surface area contributed by atoms with Crippen molar-refractivity contribution < 1.29 is 14.6 Å². The summed E-state index contributed by atoms with van der Waals surface area (Å²) in [6, 6.07) is 6.17. The number of fused-ring (bicyclic) bond motifs is 1. The van der Waals surface area contributed by atoms with Crippen LogP contribution >= 0.6 is 0 Å². The standard InChI is InChI=1S/C14H19NO3/c16-9-11-8-15-4-3-12(11)10-1-2-13-14(7-10)18-6-5-17-13/h1-2,7,11-12,15-16H,3-6,8-9H2. The highest BCUT2D eigenvalue weighted by Gasteiger charge is 2.26. The van der Waals surface area contributed by atoms with Gasteiger partial charge in [0.1, 0.15) is 13.2 Å². The third-order valence-corrected chi connectivity index (χ3v) is 3.84. The van der Waals surface area contributed by atoms with Crippen molar-refractivity contribution in [2.75, 3.05) is 32.9 Å². The molecule has 1 aromatic rings. The second-order valence-corrected chi connectivity index (χ2v) is 4.95. The van der Waals surface area contributed by atoms with E-state index in [2.05, 4.69) is 17.4 Å². The normalized spacial score (nSPS) is 26.9. The molecule has 0 aliphatic carbocycles. The zero-order valence-electron chi connectivity index (χ0n) is 10.4. The van der Waals surface area contributed by atoms with Crippen molar-refractivity contribution in [1.29, 1.82) is 0 Å². The third kappa shape index (κ3) is 2.18. The third-order valence-electron chi connectivity index (χ3n) is 3.84. The molecule has 0 aromatic heterocycles. The molecule has 3 rings (SSSR count). The van der Waals surface area contributed by atoms with Crippen molar-refractivity contribution >= 4 is 0 Å². The molecule has 0 amide bonds. The van der Waals surface area contributed by atoms with Crippen LogP contribution in [0.25, 0.3) is 0 Å². The summed E-state index contributed by atoms with van der Waals surface area (Å²) in [5.74, 6) is 2.38. The number of nitrogens with one attached hydrogen (secondary N) is 1. The molecular formula is C14H19NO3. The number of ether oxygens (including phenoxy) is 2. The minimum absolute atomic E-state index is 0.228. The van der Waals surface area contributed by atoms with Gasteiger partial charge in [-0.2, -0.15) is 0 Å². The van der Waals surface area contributed by atoms with E-state index < -0.39 is 0 Å². The monoisotopic (exact) mass is 249 g/mol. The molecule has 0 saturated carbocycles. The van der Waals surface area contributed by atoms with E-state index in [1.807, 2.05) is 6.07 Å². The maximum absolute atomic E-state index is 9.47. The highest BCUT2D eigenvalue weighted by molar-refractivity contribution is 5.45. The van der Waals surface area contributed by atoms with Gasteiger partial charge in [0.25, 0.3) is 0 Å². The zero-order chi connectivity index (χ0) is 12.4. The first kappa shape index (κ1) is 11.8. The van der Waals surface area contributed by atoms with Gasteiger partial charge in [-0.1, -0.05) is 6.07 Å². The van der Waals surface area contributed by atoms with Gasteiger partial charge in [0.2, 0.25) is 0 Å². The average Bonchev–Trinajstić information content (AvgIpc) is 2.46. The van der Waals surface area contributed by atoms with Gasteiger partial charge in [-0.15, -0.1) is 0 Å². The lowest BCUT2D eigenvalue weighted by atomic mass is 9.81. The second kappa shape index (κ2) is 5.16. The molecule has 98 valence electrons. The lowest BCUT2D eigenvalue weighted by Gasteiger charge is -2.32. The molecule has 2 aliphatic heterocycles. The minimum Gasteiger partial charge on any atom is -0.486 e. The fourth-order valence-electron chi connectivity index (χ4n) is 2.84. The molecule has 18 heavy (non-hydrogen) atoms. The Kier molecular flexibility index (Phi) is 3.39. The number of hydrogen-bond acceptors (Lipinski definition) is 4. The van der Waals surface area contributed by atoms with Gasteiger partial charge in [0.15, 0.2) is 11.5 Å². The van der Waals surface area contributed by atoms with Crippen molar-refractivity contribution in [2.45, 2.75) is 12.3 Å². The molecule has 1 aromatic carbocycles. The molecule has 1 fully saturated rings. The molecule has 2 unspecified atom stereocenters. The summed E-state index contributed by atoms with van der Waals surface area (Å²) in [5, 5.41) is 12.8. The van der Waals surface area contributed by atoms with Crippen molar-refractivity contribution in [3.05, 3.63) is 23.8 Å². The van der Waals surface area contributed by atoms with Gasteiger partial charge in [0, 0.05) is 19.1 Å². The van der Waals surface area contributed by atoms with Gasteiger partial charge >= 0.3 is 0 Å². The predicted molar refractivity (Wildman–Crippen MR) is 68.2 cm³/mol. The summed E-state index contributed by atoms with van der Waals surface area (Å²) < 4.78 is 11.2. The highest BCUT2D eigenvalue weighted by atomic mass is 16.6. The van der Waals surface area contributed by atoms with Crippen molar-refractivity contribution in [2.24, 2.45) is 5.92 Å². The van der Waals surface area contributed by atoms with Crippen LogP contribution < -0.4 is 14.8 Å². The first-order valence-corrected chi connectivity index (χ1v) is 6.59. The largest absolute Gasteiger partial charge is 0.486 e. The number of aliphatic hydroxyl groups excluding tert-OH is 1. The van der Waals surface area contributed by atoms with Gasteiger partial charge in [-0.25, -0.2) is 0 Å². The number of aliphatic hydroxyl groups is 1. The average molecular weight is 249 g/mol. The highest BCUT2D eigenvalue weighted by Crippen LogP contribution is 2.37.